The first-order valence-electron chi connectivity index (χ1n) is 12.2. The number of imide groups is 1. The van der Waals surface area contributed by atoms with E-state index < -0.39 is 5.41 Å². The van der Waals surface area contributed by atoms with Crippen molar-refractivity contribution in [3.8, 4) is 0 Å². The SMILES string of the molecule is Cc1ccccc1[C@@]1(CC(=O)N2CCC[C@@H]2c2ccc(F)cc2)CC(=O)N(Cc2cccnc2)C1=O. The van der Waals surface area contributed by atoms with Crippen LogP contribution in [0.2, 0.25) is 0 Å². The molecule has 2 fully saturated rings. The summed E-state index contributed by atoms with van der Waals surface area (Å²) < 4.78 is 13.5. The van der Waals surface area contributed by atoms with Crippen LogP contribution in [0.15, 0.2) is 73.1 Å². The smallest absolute Gasteiger partial charge is 0.241 e. The van der Waals surface area contributed by atoms with E-state index in [1.165, 1.54) is 17.0 Å². The molecular weight excluding hydrogens is 457 g/mol. The topological polar surface area (TPSA) is 70.6 Å². The maximum atomic E-state index is 14.0. The van der Waals surface area contributed by atoms with Gasteiger partial charge in [0.05, 0.1) is 18.0 Å². The van der Waals surface area contributed by atoms with Crippen LogP contribution in [-0.2, 0) is 26.3 Å². The summed E-state index contributed by atoms with van der Waals surface area (Å²) in [6, 6.07) is 17.1. The van der Waals surface area contributed by atoms with Gasteiger partial charge >= 0.3 is 0 Å². The number of hydrogen-bond donors (Lipinski definition) is 0. The van der Waals surface area contributed by atoms with Crippen molar-refractivity contribution in [3.63, 3.8) is 0 Å². The van der Waals surface area contributed by atoms with E-state index in [1.54, 1.807) is 35.5 Å². The van der Waals surface area contributed by atoms with E-state index in [-0.39, 0.29) is 49.0 Å². The van der Waals surface area contributed by atoms with Gasteiger partial charge in [0.25, 0.3) is 0 Å². The Morgan fingerprint density at radius 1 is 1.08 bits per heavy atom. The van der Waals surface area contributed by atoms with Crippen LogP contribution < -0.4 is 0 Å². The fourth-order valence-electron chi connectivity index (χ4n) is 5.65. The fourth-order valence-corrected chi connectivity index (χ4v) is 5.65. The van der Waals surface area contributed by atoms with Crippen LogP contribution in [0, 0.1) is 12.7 Å². The molecule has 2 saturated heterocycles. The van der Waals surface area contributed by atoms with Crippen LogP contribution in [-0.4, -0.2) is 39.1 Å². The molecule has 3 aromatic rings. The molecule has 36 heavy (non-hydrogen) atoms. The second kappa shape index (κ2) is 9.64. The van der Waals surface area contributed by atoms with Crippen LogP contribution in [0.1, 0.15) is 54.0 Å². The molecule has 3 heterocycles. The molecule has 0 bridgehead atoms. The van der Waals surface area contributed by atoms with Gasteiger partial charge in [0, 0.05) is 31.8 Å². The van der Waals surface area contributed by atoms with Crippen molar-refractivity contribution in [2.75, 3.05) is 6.54 Å². The van der Waals surface area contributed by atoms with E-state index in [4.69, 9.17) is 0 Å². The Hall–Kier alpha value is -3.87. The Kier molecular flexibility index (Phi) is 6.39. The highest BCUT2D eigenvalue weighted by atomic mass is 19.1. The Morgan fingerprint density at radius 3 is 2.58 bits per heavy atom. The fraction of sp³-hybridized carbons (Fsp3) is 0.310. The van der Waals surface area contributed by atoms with Crippen molar-refractivity contribution in [1.82, 2.24) is 14.8 Å². The van der Waals surface area contributed by atoms with Crippen molar-refractivity contribution >= 4 is 17.7 Å². The quantitative estimate of drug-likeness (QED) is 0.483. The zero-order chi connectivity index (χ0) is 25.3. The first kappa shape index (κ1) is 23.9. The number of likely N-dealkylation sites (tertiary alicyclic amines) is 2. The number of carbonyl (C=O) groups is 3. The maximum absolute atomic E-state index is 14.0. The van der Waals surface area contributed by atoms with Crippen LogP contribution >= 0.6 is 0 Å². The lowest BCUT2D eigenvalue weighted by Crippen LogP contribution is -2.43. The minimum absolute atomic E-state index is 0.0578. The number of amides is 3. The molecule has 0 N–H and O–H groups in total. The summed E-state index contributed by atoms with van der Waals surface area (Å²) in [6.45, 7) is 2.59. The molecule has 1 aromatic heterocycles. The van der Waals surface area contributed by atoms with Crippen LogP contribution in [0.3, 0.4) is 0 Å². The van der Waals surface area contributed by atoms with Gasteiger partial charge in [0.1, 0.15) is 5.82 Å². The predicted molar refractivity (Wildman–Crippen MR) is 132 cm³/mol. The molecule has 5 rings (SSSR count). The van der Waals surface area contributed by atoms with E-state index in [1.807, 2.05) is 37.3 Å². The molecule has 184 valence electrons. The highest BCUT2D eigenvalue weighted by molar-refractivity contribution is 6.10. The number of carbonyl (C=O) groups excluding carboxylic acids is 3. The summed E-state index contributed by atoms with van der Waals surface area (Å²) in [6.07, 6.45) is 4.72. The molecule has 0 spiro atoms. The van der Waals surface area contributed by atoms with Crippen molar-refractivity contribution in [3.05, 3.63) is 101 Å². The molecule has 6 nitrogen and oxygen atoms in total. The largest absolute Gasteiger partial charge is 0.336 e. The van der Waals surface area contributed by atoms with Crippen molar-refractivity contribution in [2.45, 2.75) is 50.6 Å². The van der Waals surface area contributed by atoms with E-state index in [2.05, 4.69) is 4.98 Å². The monoisotopic (exact) mass is 485 g/mol. The number of benzene rings is 2. The Bertz CT molecular complexity index is 1290. The summed E-state index contributed by atoms with van der Waals surface area (Å²) in [4.78, 5) is 48.2. The average Bonchev–Trinajstić information content (AvgIpc) is 3.45. The van der Waals surface area contributed by atoms with Crippen LogP contribution in [0.4, 0.5) is 4.39 Å². The number of pyridine rings is 1. The summed E-state index contributed by atoms with van der Waals surface area (Å²) in [5, 5.41) is 0. The predicted octanol–water partition coefficient (Wildman–Crippen LogP) is 4.48. The first-order valence-corrected chi connectivity index (χ1v) is 12.2. The van der Waals surface area contributed by atoms with E-state index in [9.17, 15) is 18.8 Å². The summed E-state index contributed by atoms with van der Waals surface area (Å²) in [5.41, 5.74) is 1.94. The molecule has 7 heteroatoms. The number of halogens is 1. The van der Waals surface area contributed by atoms with E-state index in [0.29, 0.717) is 12.1 Å². The molecule has 2 aromatic carbocycles. The number of aromatic nitrogens is 1. The number of rotatable bonds is 6. The molecule has 0 saturated carbocycles. The number of nitrogens with zero attached hydrogens (tertiary/aromatic N) is 3. The molecule has 0 aliphatic carbocycles. The maximum Gasteiger partial charge on any atom is 0.241 e. The lowest BCUT2D eigenvalue weighted by atomic mass is 9.73. The van der Waals surface area contributed by atoms with Gasteiger partial charge in [-0.2, -0.15) is 0 Å². The van der Waals surface area contributed by atoms with Gasteiger partial charge < -0.3 is 4.90 Å². The zero-order valence-electron chi connectivity index (χ0n) is 20.2. The molecule has 0 radical (unpaired) electrons. The van der Waals surface area contributed by atoms with Crippen LogP contribution in [0.5, 0.6) is 0 Å². The molecule has 3 amide bonds. The van der Waals surface area contributed by atoms with Gasteiger partial charge in [0.15, 0.2) is 0 Å². The first-order chi connectivity index (χ1) is 17.4. The summed E-state index contributed by atoms with van der Waals surface area (Å²) in [7, 11) is 0. The summed E-state index contributed by atoms with van der Waals surface area (Å²) in [5.74, 6) is -1.14. The van der Waals surface area contributed by atoms with Crippen molar-refractivity contribution in [1.29, 1.82) is 0 Å². The van der Waals surface area contributed by atoms with Gasteiger partial charge in [-0.1, -0.05) is 42.5 Å². The number of hydrogen-bond acceptors (Lipinski definition) is 4. The molecule has 2 atom stereocenters. The third-order valence-corrected chi connectivity index (χ3v) is 7.41. The third-order valence-electron chi connectivity index (χ3n) is 7.41. The van der Waals surface area contributed by atoms with Crippen LogP contribution in [0.25, 0.3) is 0 Å². The average molecular weight is 486 g/mol. The standard InChI is InChI=1S/C29H28FN3O3/c1-20-6-2-3-8-24(20)29(17-27(35)33(28(29)36)19-21-7-4-14-31-18-21)16-26(34)32-15-5-9-25(32)22-10-12-23(30)13-11-22/h2-4,6-8,10-14,18,25H,5,9,15-17,19H2,1H3/t25-,29-/m1/s1. The second-order valence-corrected chi connectivity index (χ2v) is 9.69. The molecule has 2 aliphatic rings. The molecule has 0 unspecified atom stereocenters. The Balaban J connectivity index is 1.48. The van der Waals surface area contributed by atoms with Gasteiger partial charge in [-0.3, -0.25) is 24.3 Å². The lowest BCUT2D eigenvalue weighted by molar-refractivity contribution is -0.143. The van der Waals surface area contributed by atoms with Gasteiger partial charge in [-0.05, 0) is 60.2 Å². The van der Waals surface area contributed by atoms with Crippen molar-refractivity contribution in [2.24, 2.45) is 0 Å². The normalized spacial score (nSPS) is 21.9. The van der Waals surface area contributed by atoms with Gasteiger partial charge in [-0.15, -0.1) is 0 Å². The molecule has 2 aliphatic heterocycles. The number of aryl methyl sites for hydroxylation is 1. The van der Waals surface area contributed by atoms with Gasteiger partial charge in [0.2, 0.25) is 17.7 Å². The minimum Gasteiger partial charge on any atom is -0.336 e. The summed E-state index contributed by atoms with van der Waals surface area (Å²) >= 11 is 0. The Morgan fingerprint density at radius 2 is 1.86 bits per heavy atom. The van der Waals surface area contributed by atoms with E-state index in [0.717, 1.165) is 29.5 Å². The Labute approximate surface area is 209 Å². The molecular formula is C29H28FN3O3. The van der Waals surface area contributed by atoms with Crippen molar-refractivity contribution < 1.29 is 18.8 Å². The lowest BCUT2D eigenvalue weighted by Gasteiger charge is -2.32. The highest BCUT2D eigenvalue weighted by Crippen LogP contribution is 2.43. The minimum atomic E-state index is -1.27. The zero-order valence-corrected chi connectivity index (χ0v) is 20.2. The van der Waals surface area contributed by atoms with E-state index >= 15 is 0 Å². The van der Waals surface area contributed by atoms with Gasteiger partial charge in [-0.25, -0.2) is 4.39 Å². The highest BCUT2D eigenvalue weighted by Gasteiger charge is 2.55. The second-order valence-electron chi connectivity index (χ2n) is 9.69. The third kappa shape index (κ3) is 4.30.